The lowest BCUT2D eigenvalue weighted by molar-refractivity contribution is 0.598. The number of rotatable bonds is 7. The molecule has 0 saturated carbocycles. The summed E-state index contributed by atoms with van der Waals surface area (Å²) in [4.78, 5) is 0. The number of benzene rings is 2. The first-order chi connectivity index (χ1) is 10.2. The average molecular weight is 289 g/mol. The topological polar surface area (TPSA) is 12.0 Å². The van der Waals surface area contributed by atoms with Crippen LogP contribution in [-0.4, -0.2) is 13.1 Å². The molecule has 0 spiro atoms. The molecule has 2 aromatic carbocycles. The molecule has 0 radical (unpaired) electrons. The molecule has 1 nitrogen and oxygen atoms in total. The Labute approximate surface area is 125 Å². The van der Waals surface area contributed by atoms with Crippen LogP contribution in [0, 0.1) is 11.6 Å². The number of halogens is 2. The lowest BCUT2D eigenvalue weighted by Gasteiger charge is -2.18. The molecule has 1 N–H and O–H groups in total. The van der Waals surface area contributed by atoms with E-state index in [2.05, 4.69) is 12.2 Å². The van der Waals surface area contributed by atoms with Crippen molar-refractivity contribution < 1.29 is 8.78 Å². The van der Waals surface area contributed by atoms with Crippen LogP contribution in [0.1, 0.15) is 36.8 Å². The van der Waals surface area contributed by atoms with Crippen molar-refractivity contribution in [3.63, 3.8) is 0 Å². The summed E-state index contributed by atoms with van der Waals surface area (Å²) in [6.45, 7) is 3.99. The fourth-order valence-corrected chi connectivity index (χ4v) is 2.52. The van der Waals surface area contributed by atoms with Gasteiger partial charge in [0.05, 0.1) is 0 Å². The van der Waals surface area contributed by atoms with E-state index in [1.807, 2.05) is 24.3 Å². The summed E-state index contributed by atoms with van der Waals surface area (Å²) in [5.41, 5.74) is 2.14. The third kappa shape index (κ3) is 4.64. The fraction of sp³-hybridized carbons (Fsp3) is 0.333. The van der Waals surface area contributed by atoms with Gasteiger partial charge in [-0.25, -0.2) is 8.78 Å². The van der Waals surface area contributed by atoms with Gasteiger partial charge in [0.1, 0.15) is 11.6 Å². The molecule has 2 rings (SSSR count). The zero-order valence-electron chi connectivity index (χ0n) is 12.3. The maximum absolute atomic E-state index is 13.1. The van der Waals surface area contributed by atoms with E-state index in [1.165, 1.54) is 24.3 Å². The molecule has 0 atom stereocenters. The van der Waals surface area contributed by atoms with Crippen LogP contribution in [0.2, 0.25) is 0 Å². The van der Waals surface area contributed by atoms with Crippen LogP contribution in [0.15, 0.2) is 48.5 Å². The molecule has 0 heterocycles. The Morgan fingerprint density at radius 3 is 1.76 bits per heavy atom. The molecule has 0 unspecified atom stereocenters. The molecule has 0 aliphatic carbocycles. The van der Waals surface area contributed by atoms with Gasteiger partial charge in [-0.1, -0.05) is 31.2 Å². The lowest BCUT2D eigenvalue weighted by Crippen LogP contribution is -2.15. The van der Waals surface area contributed by atoms with Gasteiger partial charge in [0.25, 0.3) is 0 Å². The Kier molecular flexibility index (Phi) is 5.88. The van der Waals surface area contributed by atoms with E-state index in [4.69, 9.17) is 0 Å². The van der Waals surface area contributed by atoms with E-state index in [-0.39, 0.29) is 17.6 Å². The maximum atomic E-state index is 13.1. The summed E-state index contributed by atoms with van der Waals surface area (Å²) in [7, 11) is 0. The van der Waals surface area contributed by atoms with Crippen molar-refractivity contribution in [3.05, 3.63) is 71.3 Å². The molecule has 0 saturated heterocycles. The normalized spacial score (nSPS) is 11.0. The van der Waals surface area contributed by atoms with Crippen molar-refractivity contribution in [2.24, 2.45) is 0 Å². The third-order valence-corrected chi connectivity index (χ3v) is 3.64. The van der Waals surface area contributed by atoms with Gasteiger partial charge < -0.3 is 5.32 Å². The maximum Gasteiger partial charge on any atom is 0.123 e. The number of hydrogen-bond donors (Lipinski definition) is 1. The second-order valence-electron chi connectivity index (χ2n) is 5.15. The standard InChI is InChI=1S/C18H21F2N/c1-2-21-13-3-4-18(14-5-9-16(19)10-6-14)15-7-11-17(20)12-8-15/h5-12,18,21H,2-4,13H2,1H3. The lowest BCUT2D eigenvalue weighted by atomic mass is 9.87. The van der Waals surface area contributed by atoms with Gasteiger partial charge in [0, 0.05) is 5.92 Å². The van der Waals surface area contributed by atoms with Crippen molar-refractivity contribution in [2.45, 2.75) is 25.7 Å². The minimum Gasteiger partial charge on any atom is -0.317 e. The van der Waals surface area contributed by atoms with E-state index >= 15 is 0 Å². The summed E-state index contributed by atoms with van der Waals surface area (Å²) >= 11 is 0. The second-order valence-corrected chi connectivity index (χ2v) is 5.15. The van der Waals surface area contributed by atoms with Crippen LogP contribution < -0.4 is 5.32 Å². The van der Waals surface area contributed by atoms with Crippen LogP contribution in [0.4, 0.5) is 8.78 Å². The molecule has 0 aromatic heterocycles. The van der Waals surface area contributed by atoms with Gasteiger partial charge >= 0.3 is 0 Å². The van der Waals surface area contributed by atoms with Gasteiger partial charge in [-0.3, -0.25) is 0 Å². The Balaban J connectivity index is 2.17. The second kappa shape index (κ2) is 7.89. The third-order valence-electron chi connectivity index (χ3n) is 3.64. The first kappa shape index (κ1) is 15.6. The van der Waals surface area contributed by atoms with Crippen LogP contribution in [-0.2, 0) is 0 Å². The summed E-state index contributed by atoms with van der Waals surface area (Å²) in [6.07, 6.45) is 1.97. The summed E-state index contributed by atoms with van der Waals surface area (Å²) < 4.78 is 26.2. The molecule has 0 bridgehead atoms. The highest BCUT2D eigenvalue weighted by molar-refractivity contribution is 5.32. The molecule has 112 valence electrons. The van der Waals surface area contributed by atoms with Crippen molar-refractivity contribution in [2.75, 3.05) is 13.1 Å². The Bertz CT molecular complexity index is 489. The Morgan fingerprint density at radius 2 is 1.33 bits per heavy atom. The van der Waals surface area contributed by atoms with Crippen molar-refractivity contribution in [3.8, 4) is 0 Å². The highest BCUT2D eigenvalue weighted by atomic mass is 19.1. The van der Waals surface area contributed by atoms with Gasteiger partial charge in [-0.05, 0) is 61.3 Å². The van der Waals surface area contributed by atoms with Crippen molar-refractivity contribution >= 4 is 0 Å². The minimum absolute atomic E-state index is 0.171. The van der Waals surface area contributed by atoms with E-state index < -0.39 is 0 Å². The van der Waals surface area contributed by atoms with Crippen LogP contribution >= 0.6 is 0 Å². The highest BCUT2D eigenvalue weighted by Crippen LogP contribution is 2.29. The van der Waals surface area contributed by atoms with Gasteiger partial charge in [0.15, 0.2) is 0 Å². The largest absolute Gasteiger partial charge is 0.317 e. The molecular formula is C18H21F2N. The quantitative estimate of drug-likeness (QED) is 0.741. The fourth-order valence-electron chi connectivity index (χ4n) is 2.52. The van der Waals surface area contributed by atoms with Crippen LogP contribution in [0.25, 0.3) is 0 Å². The van der Waals surface area contributed by atoms with E-state index in [0.717, 1.165) is 37.1 Å². The predicted octanol–water partition coefficient (Wildman–Crippen LogP) is 4.49. The molecule has 0 fully saturated rings. The van der Waals surface area contributed by atoms with E-state index in [9.17, 15) is 8.78 Å². The average Bonchev–Trinajstić information content (AvgIpc) is 2.50. The highest BCUT2D eigenvalue weighted by Gasteiger charge is 2.14. The minimum atomic E-state index is -0.232. The molecule has 0 aliphatic heterocycles. The zero-order chi connectivity index (χ0) is 15.1. The monoisotopic (exact) mass is 289 g/mol. The molecule has 3 heteroatoms. The summed E-state index contributed by atoms with van der Waals surface area (Å²) in [5.74, 6) is -0.293. The van der Waals surface area contributed by atoms with Gasteiger partial charge in [0.2, 0.25) is 0 Å². The molecular weight excluding hydrogens is 268 g/mol. The van der Waals surface area contributed by atoms with Gasteiger partial charge in [-0.15, -0.1) is 0 Å². The molecule has 0 aliphatic rings. The SMILES string of the molecule is CCNCCCC(c1ccc(F)cc1)c1ccc(F)cc1. The predicted molar refractivity (Wildman–Crippen MR) is 82.4 cm³/mol. The summed E-state index contributed by atoms with van der Waals surface area (Å²) in [6, 6.07) is 13.2. The number of hydrogen-bond acceptors (Lipinski definition) is 1. The van der Waals surface area contributed by atoms with E-state index in [1.54, 1.807) is 0 Å². The van der Waals surface area contributed by atoms with Crippen LogP contribution in [0.5, 0.6) is 0 Å². The first-order valence-electron chi connectivity index (χ1n) is 7.42. The van der Waals surface area contributed by atoms with E-state index in [0.29, 0.717) is 0 Å². The number of nitrogens with one attached hydrogen (secondary N) is 1. The summed E-state index contributed by atoms with van der Waals surface area (Å²) in [5, 5.41) is 3.30. The van der Waals surface area contributed by atoms with Crippen molar-refractivity contribution in [1.82, 2.24) is 5.32 Å². The molecule has 21 heavy (non-hydrogen) atoms. The van der Waals surface area contributed by atoms with Crippen LogP contribution in [0.3, 0.4) is 0 Å². The smallest absolute Gasteiger partial charge is 0.123 e. The molecule has 0 amide bonds. The Hall–Kier alpha value is -1.74. The Morgan fingerprint density at radius 1 is 0.857 bits per heavy atom. The first-order valence-corrected chi connectivity index (χ1v) is 7.42. The van der Waals surface area contributed by atoms with Crippen molar-refractivity contribution in [1.29, 1.82) is 0 Å². The van der Waals surface area contributed by atoms with Gasteiger partial charge in [-0.2, -0.15) is 0 Å². The molecule has 2 aromatic rings. The zero-order valence-corrected chi connectivity index (χ0v) is 12.3.